The highest BCUT2D eigenvalue weighted by atomic mass is 35.5. The van der Waals surface area contributed by atoms with Gasteiger partial charge >= 0.3 is 6.18 Å². The third-order valence-corrected chi connectivity index (χ3v) is 5.98. The van der Waals surface area contributed by atoms with Gasteiger partial charge in [0.15, 0.2) is 16.7 Å². The van der Waals surface area contributed by atoms with Crippen LogP contribution < -0.4 is 10.9 Å². The second-order valence-electron chi connectivity index (χ2n) is 7.89. The molecule has 8 nitrogen and oxygen atoms in total. The molecule has 15 heteroatoms. The first kappa shape index (κ1) is 27.2. The second-order valence-corrected chi connectivity index (χ2v) is 8.66. The van der Waals surface area contributed by atoms with E-state index in [-0.39, 0.29) is 32.9 Å². The maximum Gasteiger partial charge on any atom is 0.418 e. The fraction of sp³-hybridized carbons (Fsp3) is 0.174. The highest BCUT2D eigenvalue weighted by molar-refractivity contribution is 6.36. The zero-order chi connectivity index (χ0) is 27.9. The lowest BCUT2D eigenvalue weighted by Gasteiger charge is -2.17. The van der Waals surface area contributed by atoms with Crippen LogP contribution in [0.25, 0.3) is 10.9 Å². The number of carbonyl (C=O) groups is 1. The predicted octanol–water partition coefficient (Wildman–Crippen LogP) is 5.76. The summed E-state index contributed by atoms with van der Waals surface area (Å²) in [5, 5.41) is 10.9. The van der Waals surface area contributed by atoms with Crippen molar-refractivity contribution in [3.63, 3.8) is 0 Å². The number of aryl methyl sites for hydroxylation is 1. The lowest BCUT2D eigenvalue weighted by atomic mass is 10.1. The molecule has 4 rings (SSSR count). The minimum absolute atomic E-state index is 0.193. The monoisotopic (exact) mass is 573 g/mol. The first-order valence-corrected chi connectivity index (χ1v) is 11.2. The van der Waals surface area contributed by atoms with Gasteiger partial charge in [-0.05, 0) is 36.8 Å². The van der Waals surface area contributed by atoms with E-state index in [2.05, 4.69) is 20.3 Å². The Hall–Kier alpha value is -3.84. The first-order chi connectivity index (χ1) is 17.8. The van der Waals surface area contributed by atoms with Gasteiger partial charge in [0.1, 0.15) is 5.69 Å². The number of halogens is 7. The van der Waals surface area contributed by atoms with E-state index in [0.29, 0.717) is 10.6 Å². The van der Waals surface area contributed by atoms with Gasteiger partial charge in [0.2, 0.25) is 0 Å². The van der Waals surface area contributed by atoms with E-state index < -0.39 is 58.6 Å². The molecule has 0 unspecified atom stereocenters. The predicted molar refractivity (Wildman–Crippen MR) is 128 cm³/mol. The lowest BCUT2D eigenvalue weighted by Crippen LogP contribution is -2.29. The Balaban J connectivity index is 1.90. The number of fused-ring (bicyclic) bond motifs is 1. The molecule has 198 valence electrons. The van der Waals surface area contributed by atoms with Crippen molar-refractivity contribution in [1.29, 1.82) is 0 Å². The number of nitrogens with zero attached hydrogens (tertiary/aromatic N) is 4. The Kier molecular flexibility index (Phi) is 7.26. The van der Waals surface area contributed by atoms with Crippen molar-refractivity contribution in [1.82, 2.24) is 19.5 Å². The van der Waals surface area contributed by atoms with Gasteiger partial charge in [-0.3, -0.25) is 19.1 Å². The van der Waals surface area contributed by atoms with Crippen molar-refractivity contribution in [3.8, 4) is 5.75 Å². The molecule has 0 saturated heterocycles. The topological polar surface area (TPSA) is 110 Å². The van der Waals surface area contributed by atoms with Crippen LogP contribution in [0.15, 0.2) is 41.3 Å². The summed E-state index contributed by atoms with van der Waals surface area (Å²) in [6.45, 7) is 0.505. The van der Waals surface area contributed by atoms with Crippen molar-refractivity contribution in [2.24, 2.45) is 0 Å². The molecule has 3 heterocycles. The Morgan fingerprint density at radius 1 is 1.18 bits per heavy atom. The normalized spacial score (nSPS) is 11.8. The Morgan fingerprint density at radius 3 is 2.53 bits per heavy atom. The summed E-state index contributed by atoms with van der Waals surface area (Å²) in [7, 11) is 0. The smallest absolute Gasteiger partial charge is 0.418 e. The van der Waals surface area contributed by atoms with E-state index in [1.807, 2.05) is 0 Å². The number of amides is 1. The van der Waals surface area contributed by atoms with Gasteiger partial charge in [0, 0.05) is 6.20 Å². The fourth-order valence-electron chi connectivity index (χ4n) is 3.65. The summed E-state index contributed by atoms with van der Waals surface area (Å²) >= 11 is 11.6. The van der Waals surface area contributed by atoms with Gasteiger partial charge in [-0.1, -0.05) is 29.3 Å². The summed E-state index contributed by atoms with van der Waals surface area (Å²) in [5.41, 5.74) is -3.50. The maximum atomic E-state index is 14.0. The fourth-order valence-corrected chi connectivity index (χ4v) is 4.08. The van der Waals surface area contributed by atoms with Gasteiger partial charge in [0.25, 0.3) is 17.9 Å². The van der Waals surface area contributed by atoms with Crippen LogP contribution in [-0.2, 0) is 12.7 Å². The number of carbonyl (C=O) groups excluding carboxylic acids is 1. The van der Waals surface area contributed by atoms with Crippen LogP contribution in [0.5, 0.6) is 5.75 Å². The zero-order valence-corrected chi connectivity index (χ0v) is 20.5. The number of aromatic nitrogens is 4. The van der Waals surface area contributed by atoms with E-state index in [9.17, 15) is 36.6 Å². The van der Waals surface area contributed by atoms with Crippen molar-refractivity contribution < 1.29 is 31.9 Å². The molecule has 1 aromatic carbocycles. The Morgan fingerprint density at radius 2 is 1.89 bits per heavy atom. The SMILES string of the molecule is Cc1ccc(NC(=O)c2cc(Cl)c(O)c(Cl)n2)c2c(=O)n(Cc3ncccc3C(F)(F)F)c(C(F)F)nc12. The molecule has 0 spiro atoms. The van der Waals surface area contributed by atoms with Crippen molar-refractivity contribution in [2.75, 3.05) is 5.32 Å². The quantitative estimate of drug-likeness (QED) is 0.232. The number of hydrogen-bond acceptors (Lipinski definition) is 6. The van der Waals surface area contributed by atoms with E-state index in [0.717, 1.165) is 18.3 Å². The first-order valence-electron chi connectivity index (χ1n) is 10.5. The average Bonchev–Trinajstić information content (AvgIpc) is 2.84. The van der Waals surface area contributed by atoms with Crippen molar-refractivity contribution >= 4 is 45.7 Å². The Labute approximate surface area is 219 Å². The van der Waals surface area contributed by atoms with Crippen molar-refractivity contribution in [2.45, 2.75) is 26.1 Å². The molecule has 1 amide bonds. The van der Waals surface area contributed by atoms with E-state index in [4.69, 9.17) is 23.2 Å². The van der Waals surface area contributed by atoms with Crippen LogP contribution >= 0.6 is 23.2 Å². The summed E-state index contributed by atoms with van der Waals surface area (Å²) in [4.78, 5) is 37.5. The number of pyridine rings is 2. The van der Waals surface area contributed by atoms with Crippen molar-refractivity contribution in [3.05, 3.63) is 85.4 Å². The molecule has 3 aromatic heterocycles. The van der Waals surface area contributed by atoms with E-state index in [1.54, 1.807) is 0 Å². The number of aromatic hydroxyl groups is 1. The third kappa shape index (κ3) is 5.11. The molecule has 0 aliphatic carbocycles. The summed E-state index contributed by atoms with van der Waals surface area (Å²) < 4.78 is 68.8. The molecule has 2 N–H and O–H groups in total. The third-order valence-electron chi connectivity index (χ3n) is 5.42. The number of nitrogens with one attached hydrogen (secondary N) is 1. The minimum Gasteiger partial charge on any atom is -0.504 e. The highest BCUT2D eigenvalue weighted by Crippen LogP contribution is 2.33. The zero-order valence-electron chi connectivity index (χ0n) is 18.9. The van der Waals surface area contributed by atoms with Gasteiger partial charge in [0.05, 0.1) is 39.4 Å². The summed E-state index contributed by atoms with van der Waals surface area (Å²) in [5.74, 6) is -2.58. The molecule has 0 atom stereocenters. The van der Waals surface area contributed by atoms with Crippen LogP contribution in [0.3, 0.4) is 0 Å². The lowest BCUT2D eigenvalue weighted by molar-refractivity contribution is -0.138. The van der Waals surface area contributed by atoms with Gasteiger partial charge in [-0.15, -0.1) is 0 Å². The van der Waals surface area contributed by atoms with Crippen LogP contribution in [0.4, 0.5) is 27.6 Å². The Bertz CT molecular complexity index is 1620. The summed E-state index contributed by atoms with van der Waals surface area (Å²) in [6, 6.07) is 5.42. The van der Waals surface area contributed by atoms with Crippen LogP contribution in [0.2, 0.25) is 10.2 Å². The molecule has 0 aliphatic rings. The standard InChI is InChI=1S/C23H14Cl2F5N5O3/c1-9-4-5-12(33-21(37)13-7-11(24)17(36)18(25)32-13)15-16(9)34-20(19(26)27)35(22(15)38)8-14-10(23(28,29)30)3-2-6-31-14/h2-7,19,36H,8H2,1H3,(H,33,37). The van der Waals surface area contributed by atoms with Crippen LogP contribution in [0, 0.1) is 6.92 Å². The largest absolute Gasteiger partial charge is 0.504 e. The molecule has 0 bridgehead atoms. The van der Waals surface area contributed by atoms with E-state index in [1.165, 1.54) is 19.1 Å². The molecule has 0 aliphatic heterocycles. The van der Waals surface area contributed by atoms with Gasteiger partial charge in [-0.25, -0.2) is 18.7 Å². The molecule has 0 fully saturated rings. The molecule has 0 saturated carbocycles. The molecular weight excluding hydrogens is 560 g/mol. The minimum atomic E-state index is -4.86. The number of hydrogen-bond donors (Lipinski definition) is 2. The second kappa shape index (κ2) is 10.1. The number of anilines is 1. The summed E-state index contributed by atoms with van der Waals surface area (Å²) in [6.07, 6.45) is -7.16. The van der Waals surface area contributed by atoms with Gasteiger partial charge < -0.3 is 10.4 Å². The number of benzene rings is 1. The molecule has 4 aromatic rings. The molecule has 0 radical (unpaired) electrons. The average molecular weight is 574 g/mol. The highest BCUT2D eigenvalue weighted by Gasteiger charge is 2.34. The molecular formula is C23H14Cl2F5N5O3. The van der Waals surface area contributed by atoms with E-state index >= 15 is 0 Å². The number of alkyl halides is 5. The van der Waals surface area contributed by atoms with Crippen LogP contribution in [0.1, 0.15) is 39.6 Å². The van der Waals surface area contributed by atoms with Gasteiger partial charge in [-0.2, -0.15) is 13.2 Å². The molecule has 38 heavy (non-hydrogen) atoms. The maximum absolute atomic E-state index is 14.0. The van der Waals surface area contributed by atoms with Crippen LogP contribution in [-0.4, -0.2) is 30.5 Å². The number of rotatable bonds is 5.